The molecule has 2 rings (SSSR count). The molecule has 19 heavy (non-hydrogen) atoms. The van der Waals surface area contributed by atoms with Crippen molar-refractivity contribution in [3.05, 3.63) is 46.3 Å². The summed E-state index contributed by atoms with van der Waals surface area (Å²) in [5.74, 6) is 0.808. The predicted molar refractivity (Wildman–Crippen MR) is 73.9 cm³/mol. The van der Waals surface area contributed by atoms with Crippen molar-refractivity contribution in [1.29, 1.82) is 5.26 Å². The highest BCUT2D eigenvalue weighted by molar-refractivity contribution is 5.59. The number of nitriles is 1. The van der Waals surface area contributed by atoms with Gasteiger partial charge in [-0.05, 0) is 45.4 Å². The van der Waals surface area contributed by atoms with E-state index in [9.17, 15) is 5.26 Å². The van der Waals surface area contributed by atoms with Crippen molar-refractivity contribution in [3.8, 4) is 6.07 Å². The largest absolute Gasteiger partial charge is 0.377 e. The Hall–Kier alpha value is -2.28. The maximum Gasteiger partial charge on any atom is 0.139 e. The summed E-state index contributed by atoms with van der Waals surface area (Å²) in [7, 11) is 0. The first-order chi connectivity index (χ1) is 9.02. The summed E-state index contributed by atoms with van der Waals surface area (Å²) in [5.41, 5.74) is 4.49. The van der Waals surface area contributed by atoms with Gasteiger partial charge in [0.25, 0.3) is 0 Å². The van der Waals surface area contributed by atoms with Gasteiger partial charge in [0.2, 0.25) is 0 Å². The van der Waals surface area contributed by atoms with Crippen molar-refractivity contribution < 1.29 is 4.52 Å². The molecule has 0 saturated carbocycles. The van der Waals surface area contributed by atoms with Gasteiger partial charge in [0.15, 0.2) is 0 Å². The molecular formula is C15H17N3O. The minimum Gasteiger partial charge on any atom is -0.377 e. The molecule has 2 aromatic rings. The van der Waals surface area contributed by atoms with E-state index in [4.69, 9.17) is 4.52 Å². The molecule has 4 heteroatoms. The molecule has 0 bridgehead atoms. The molecule has 1 N–H and O–H groups in total. The first-order valence-electron chi connectivity index (χ1n) is 6.23. The Balaban J connectivity index is 2.30. The van der Waals surface area contributed by atoms with Crippen molar-refractivity contribution in [1.82, 2.24) is 5.16 Å². The van der Waals surface area contributed by atoms with Crippen molar-refractivity contribution in [3.63, 3.8) is 0 Å². The lowest BCUT2D eigenvalue weighted by Gasteiger charge is -2.16. The van der Waals surface area contributed by atoms with E-state index >= 15 is 0 Å². The second-order valence-corrected chi connectivity index (χ2v) is 4.76. The number of rotatable bonds is 3. The van der Waals surface area contributed by atoms with Gasteiger partial charge in [0.05, 0.1) is 23.0 Å². The lowest BCUT2D eigenvalue weighted by Crippen LogP contribution is -2.09. The van der Waals surface area contributed by atoms with E-state index < -0.39 is 0 Å². The highest BCUT2D eigenvalue weighted by Gasteiger charge is 2.17. The summed E-state index contributed by atoms with van der Waals surface area (Å²) >= 11 is 0. The fourth-order valence-electron chi connectivity index (χ4n) is 2.29. The summed E-state index contributed by atoms with van der Waals surface area (Å²) in [5, 5.41) is 16.5. The van der Waals surface area contributed by atoms with Crippen LogP contribution < -0.4 is 5.32 Å². The molecule has 0 aliphatic carbocycles. The third kappa shape index (κ3) is 2.60. The Bertz CT molecular complexity index is 618. The van der Waals surface area contributed by atoms with E-state index in [1.165, 1.54) is 0 Å². The van der Waals surface area contributed by atoms with E-state index in [1.54, 1.807) is 0 Å². The SMILES string of the molecule is Cc1ccc(NC(C)c2c(C)noc2C)c(C#N)c1. The van der Waals surface area contributed by atoms with Crippen molar-refractivity contribution in [2.24, 2.45) is 0 Å². The lowest BCUT2D eigenvalue weighted by atomic mass is 10.0. The quantitative estimate of drug-likeness (QED) is 0.909. The van der Waals surface area contributed by atoms with Crippen LogP contribution in [0, 0.1) is 32.1 Å². The van der Waals surface area contributed by atoms with Gasteiger partial charge in [-0.2, -0.15) is 5.26 Å². The molecule has 1 aromatic carbocycles. The van der Waals surface area contributed by atoms with Crippen LogP contribution in [0.3, 0.4) is 0 Å². The maximum absolute atomic E-state index is 9.17. The number of aryl methyl sites for hydroxylation is 3. The number of benzene rings is 1. The molecular weight excluding hydrogens is 238 g/mol. The van der Waals surface area contributed by atoms with Gasteiger partial charge in [-0.25, -0.2) is 0 Å². The second-order valence-electron chi connectivity index (χ2n) is 4.76. The Morgan fingerprint density at radius 2 is 2.05 bits per heavy atom. The first kappa shape index (κ1) is 13.2. The minimum atomic E-state index is 0.0426. The molecule has 0 radical (unpaired) electrons. The Kier molecular flexibility index (Phi) is 3.57. The van der Waals surface area contributed by atoms with Gasteiger partial charge in [-0.3, -0.25) is 0 Å². The fourth-order valence-corrected chi connectivity index (χ4v) is 2.29. The molecule has 0 amide bonds. The van der Waals surface area contributed by atoms with Crippen LogP contribution in [-0.2, 0) is 0 Å². The predicted octanol–water partition coefficient (Wildman–Crippen LogP) is 3.64. The number of nitrogens with one attached hydrogen (secondary N) is 1. The number of anilines is 1. The third-order valence-corrected chi connectivity index (χ3v) is 3.19. The van der Waals surface area contributed by atoms with E-state index in [2.05, 4.69) is 16.5 Å². The van der Waals surface area contributed by atoms with Crippen LogP contribution in [0.4, 0.5) is 5.69 Å². The molecule has 1 aromatic heterocycles. The van der Waals surface area contributed by atoms with Crippen LogP contribution in [0.1, 0.15) is 41.1 Å². The molecule has 0 fully saturated rings. The molecule has 1 heterocycles. The van der Waals surface area contributed by atoms with Crippen molar-refractivity contribution >= 4 is 5.69 Å². The average molecular weight is 255 g/mol. The molecule has 0 aliphatic heterocycles. The fraction of sp³-hybridized carbons (Fsp3) is 0.333. The summed E-state index contributed by atoms with van der Waals surface area (Å²) in [6.07, 6.45) is 0. The van der Waals surface area contributed by atoms with Crippen LogP contribution in [0.2, 0.25) is 0 Å². The third-order valence-electron chi connectivity index (χ3n) is 3.19. The van der Waals surface area contributed by atoms with Gasteiger partial charge in [-0.1, -0.05) is 11.2 Å². The number of nitrogens with zero attached hydrogens (tertiary/aromatic N) is 2. The first-order valence-corrected chi connectivity index (χ1v) is 6.23. The molecule has 4 nitrogen and oxygen atoms in total. The summed E-state index contributed by atoms with van der Waals surface area (Å²) in [6.45, 7) is 7.83. The minimum absolute atomic E-state index is 0.0426. The van der Waals surface area contributed by atoms with E-state index in [-0.39, 0.29) is 6.04 Å². The summed E-state index contributed by atoms with van der Waals surface area (Å²) in [6, 6.07) is 8.06. The molecule has 0 aliphatic rings. The summed E-state index contributed by atoms with van der Waals surface area (Å²) < 4.78 is 5.17. The molecule has 1 unspecified atom stereocenters. The molecule has 1 atom stereocenters. The number of aromatic nitrogens is 1. The molecule has 0 saturated heterocycles. The monoisotopic (exact) mass is 255 g/mol. The van der Waals surface area contributed by atoms with Gasteiger partial charge in [0.1, 0.15) is 11.8 Å². The van der Waals surface area contributed by atoms with E-state index in [0.717, 1.165) is 28.3 Å². The van der Waals surface area contributed by atoms with Crippen LogP contribution >= 0.6 is 0 Å². The Labute approximate surface area is 113 Å². The van der Waals surface area contributed by atoms with Crippen LogP contribution in [0.5, 0.6) is 0 Å². The summed E-state index contributed by atoms with van der Waals surface area (Å²) in [4.78, 5) is 0. The van der Waals surface area contributed by atoms with Gasteiger partial charge < -0.3 is 9.84 Å². The number of hydrogen-bond acceptors (Lipinski definition) is 4. The Morgan fingerprint density at radius 3 is 2.63 bits per heavy atom. The standard InChI is InChI=1S/C15H17N3O/c1-9-5-6-14(13(7-9)8-16)17-10(2)15-11(3)18-19-12(15)4/h5-7,10,17H,1-4H3. The van der Waals surface area contributed by atoms with Crippen LogP contribution in [-0.4, -0.2) is 5.16 Å². The zero-order valence-electron chi connectivity index (χ0n) is 11.6. The highest BCUT2D eigenvalue weighted by atomic mass is 16.5. The van der Waals surface area contributed by atoms with Gasteiger partial charge in [-0.15, -0.1) is 0 Å². The van der Waals surface area contributed by atoms with E-state index in [1.807, 2.05) is 45.9 Å². The topological polar surface area (TPSA) is 61.9 Å². The lowest BCUT2D eigenvalue weighted by molar-refractivity contribution is 0.392. The van der Waals surface area contributed by atoms with Crippen LogP contribution in [0.25, 0.3) is 0 Å². The van der Waals surface area contributed by atoms with Crippen LogP contribution in [0.15, 0.2) is 22.7 Å². The average Bonchev–Trinajstić information content (AvgIpc) is 2.71. The second kappa shape index (κ2) is 5.15. The molecule has 98 valence electrons. The smallest absolute Gasteiger partial charge is 0.139 e. The highest BCUT2D eigenvalue weighted by Crippen LogP contribution is 2.26. The maximum atomic E-state index is 9.17. The van der Waals surface area contributed by atoms with Crippen molar-refractivity contribution in [2.45, 2.75) is 33.7 Å². The van der Waals surface area contributed by atoms with E-state index in [0.29, 0.717) is 5.56 Å². The zero-order chi connectivity index (χ0) is 14.0. The normalized spacial score (nSPS) is 11.9. The van der Waals surface area contributed by atoms with Gasteiger partial charge >= 0.3 is 0 Å². The number of hydrogen-bond donors (Lipinski definition) is 1. The molecule has 0 spiro atoms. The van der Waals surface area contributed by atoms with Gasteiger partial charge in [0, 0.05) is 5.56 Å². The Morgan fingerprint density at radius 1 is 1.32 bits per heavy atom. The van der Waals surface area contributed by atoms with Crippen molar-refractivity contribution in [2.75, 3.05) is 5.32 Å². The zero-order valence-corrected chi connectivity index (χ0v) is 11.6.